The van der Waals surface area contributed by atoms with Gasteiger partial charge in [0.25, 0.3) is 5.95 Å². The van der Waals surface area contributed by atoms with Crippen LogP contribution >= 0.6 is 0 Å². The third-order valence-electron chi connectivity index (χ3n) is 4.40. The molecule has 0 atom stereocenters. The van der Waals surface area contributed by atoms with Crippen LogP contribution in [0.5, 0.6) is 0 Å². The van der Waals surface area contributed by atoms with Crippen molar-refractivity contribution in [2.45, 2.75) is 46.5 Å². The summed E-state index contributed by atoms with van der Waals surface area (Å²) < 4.78 is 5.40. The van der Waals surface area contributed by atoms with Crippen molar-refractivity contribution in [3.05, 3.63) is 5.89 Å². The van der Waals surface area contributed by atoms with E-state index in [1.165, 1.54) is 0 Å². The van der Waals surface area contributed by atoms with Crippen molar-refractivity contribution < 1.29 is 9.32 Å². The molecule has 0 N–H and O–H groups in total. The van der Waals surface area contributed by atoms with Crippen molar-refractivity contribution in [3.63, 3.8) is 0 Å². The monoisotopic (exact) mass is 337 g/mol. The molecule has 0 bridgehead atoms. The summed E-state index contributed by atoms with van der Waals surface area (Å²) in [5.74, 6) is 1.54. The highest BCUT2D eigenvalue weighted by molar-refractivity contribution is 5.78. The zero-order valence-corrected chi connectivity index (χ0v) is 15.7. The number of hydrogen-bond donors (Lipinski definition) is 0. The molecule has 24 heavy (non-hydrogen) atoms. The fourth-order valence-corrected chi connectivity index (χ4v) is 2.85. The zero-order chi connectivity index (χ0) is 17.7. The average Bonchev–Trinajstić information content (AvgIpc) is 2.91. The second kappa shape index (κ2) is 7.96. The van der Waals surface area contributed by atoms with Gasteiger partial charge in [-0.05, 0) is 25.4 Å². The first-order chi connectivity index (χ1) is 11.3. The molecule has 1 saturated heterocycles. The first-order valence-electron chi connectivity index (χ1n) is 8.94. The molecule has 2 heterocycles. The highest BCUT2D eigenvalue weighted by Crippen LogP contribution is 2.22. The molecule has 0 aromatic carbocycles. The molecule has 7 nitrogen and oxygen atoms in total. The van der Waals surface area contributed by atoms with Gasteiger partial charge in [0.1, 0.15) is 0 Å². The third kappa shape index (κ3) is 4.69. The maximum absolute atomic E-state index is 12.3. The Bertz CT molecular complexity index is 533. The van der Waals surface area contributed by atoms with E-state index in [1.807, 2.05) is 18.7 Å². The van der Waals surface area contributed by atoms with E-state index in [0.717, 1.165) is 45.7 Å². The Hall–Kier alpha value is -1.63. The number of amides is 1. The van der Waals surface area contributed by atoms with Crippen LogP contribution in [0, 0.1) is 0 Å². The highest BCUT2D eigenvalue weighted by Gasteiger charge is 2.25. The summed E-state index contributed by atoms with van der Waals surface area (Å²) in [6.45, 7) is 15.7. The molecule has 1 aliphatic heterocycles. The summed E-state index contributed by atoms with van der Waals surface area (Å²) in [6, 6.07) is 0. The second-order valence-electron chi connectivity index (χ2n) is 7.33. The first kappa shape index (κ1) is 18.7. The summed E-state index contributed by atoms with van der Waals surface area (Å²) in [4.78, 5) is 23.1. The average molecular weight is 337 g/mol. The highest BCUT2D eigenvalue weighted by atomic mass is 16.5. The Morgan fingerprint density at radius 3 is 2.46 bits per heavy atom. The molecule has 1 aliphatic rings. The van der Waals surface area contributed by atoms with Crippen LogP contribution in [0.3, 0.4) is 0 Å². The van der Waals surface area contributed by atoms with Gasteiger partial charge < -0.3 is 14.3 Å². The summed E-state index contributed by atoms with van der Waals surface area (Å²) in [5, 5.41) is 4.13. The minimum Gasteiger partial charge on any atom is -0.342 e. The molecule has 1 aromatic heterocycles. The third-order valence-corrected chi connectivity index (χ3v) is 4.40. The standard InChI is InChI=1S/C17H31N5O2/c1-6-21(7-2)14(23)13-20-9-8-10-22(12-11-20)16-18-15(24-19-16)17(3,4)5/h6-13H2,1-5H3. The summed E-state index contributed by atoms with van der Waals surface area (Å²) in [5.41, 5.74) is -0.140. The molecule has 1 amide bonds. The van der Waals surface area contributed by atoms with Crippen molar-refractivity contribution >= 4 is 11.9 Å². The molecular weight excluding hydrogens is 306 g/mol. The molecule has 0 radical (unpaired) electrons. The van der Waals surface area contributed by atoms with Crippen molar-refractivity contribution in [1.29, 1.82) is 0 Å². The predicted molar refractivity (Wildman–Crippen MR) is 94.2 cm³/mol. The number of carbonyl (C=O) groups is 1. The van der Waals surface area contributed by atoms with Gasteiger partial charge in [-0.1, -0.05) is 20.8 Å². The van der Waals surface area contributed by atoms with Gasteiger partial charge in [-0.2, -0.15) is 4.98 Å². The summed E-state index contributed by atoms with van der Waals surface area (Å²) >= 11 is 0. The molecule has 0 aliphatic carbocycles. The molecule has 136 valence electrons. The largest absolute Gasteiger partial charge is 0.342 e. The predicted octanol–water partition coefficient (Wildman–Crippen LogP) is 1.75. The number of likely N-dealkylation sites (N-methyl/N-ethyl adjacent to an activating group) is 1. The van der Waals surface area contributed by atoms with E-state index in [-0.39, 0.29) is 11.3 Å². The minimum atomic E-state index is -0.140. The van der Waals surface area contributed by atoms with Gasteiger partial charge in [0.2, 0.25) is 11.8 Å². The molecule has 0 unspecified atom stereocenters. The van der Waals surface area contributed by atoms with Crippen LogP contribution < -0.4 is 4.90 Å². The molecule has 0 saturated carbocycles. The van der Waals surface area contributed by atoms with E-state index in [0.29, 0.717) is 18.4 Å². The fraction of sp³-hybridized carbons (Fsp3) is 0.824. The number of anilines is 1. The number of carbonyl (C=O) groups excluding carboxylic acids is 1. The Balaban J connectivity index is 1.93. The van der Waals surface area contributed by atoms with Crippen molar-refractivity contribution in [3.8, 4) is 0 Å². The minimum absolute atomic E-state index is 0.140. The lowest BCUT2D eigenvalue weighted by Gasteiger charge is -2.24. The first-order valence-corrected chi connectivity index (χ1v) is 8.94. The van der Waals surface area contributed by atoms with E-state index in [4.69, 9.17) is 4.52 Å². The van der Waals surface area contributed by atoms with Gasteiger partial charge >= 0.3 is 0 Å². The molecule has 1 fully saturated rings. The maximum atomic E-state index is 12.3. The number of aromatic nitrogens is 2. The van der Waals surface area contributed by atoms with Crippen molar-refractivity contribution in [1.82, 2.24) is 19.9 Å². The second-order valence-corrected chi connectivity index (χ2v) is 7.33. The van der Waals surface area contributed by atoms with Gasteiger partial charge in [0, 0.05) is 44.7 Å². The summed E-state index contributed by atoms with van der Waals surface area (Å²) in [6.07, 6.45) is 0.991. The lowest BCUT2D eigenvalue weighted by molar-refractivity contribution is -0.132. The number of nitrogens with zero attached hydrogens (tertiary/aromatic N) is 5. The van der Waals surface area contributed by atoms with Crippen LogP contribution in [-0.4, -0.2) is 71.7 Å². The maximum Gasteiger partial charge on any atom is 0.266 e. The van der Waals surface area contributed by atoms with E-state index >= 15 is 0 Å². The van der Waals surface area contributed by atoms with Crippen LogP contribution in [0.1, 0.15) is 46.9 Å². The van der Waals surface area contributed by atoms with E-state index in [9.17, 15) is 4.79 Å². The Kier molecular flexibility index (Phi) is 6.21. The molecule has 7 heteroatoms. The van der Waals surface area contributed by atoms with E-state index < -0.39 is 0 Å². The van der Waals surface area contributed by atoms with Crippen molar-refractivity contribution in [2.24, 2.45) is 0 Å². The van der Waals surface area contributed by atoms with Crippen LogP contribution in [0.2, 0.25) is 0 Å². The van der Waals surface area contributed by atoms with Gasteiger partial charge in [0.05, 0.1) is 6.54 Å². The lowest BCUT2D eigenvalue weighted by Crippen LogP contribution is -2.41. The molecular formula is C17H31N5O2. The SMILES string of the molecule is CCN(CC)C(=O)CN1CCCN(c2noc(C(C)(C)C)n2)CC1. The van der Waals surface area contributed by atoms with Crippen LogP contribution in [0.25, 0.3) is 0 Å². The summed E-state index contributed by atoms with van der Waals surface area (Å²) in [7, 11) is 0. The van der Waals surface area contributed by atoms with E-state index in [2.05, 4.69) is 40.7 Å². The van der Waals surface area contributed by atoms with Crippen molar-refractivity contribution in [2.75, 3.05) is 50.7 Å². The fourth-order valence-electron chi connectivity index (χ4n) is 2.85. The topological polar surface area (TPSA) is 65.7 Å². The van der Waals surface area contributed by atoms with Gasteiger partial charge in [-0.15, -0.1) is 0 Å². The Morgan fingerprint density at radius 1 is 1.17 bits per heavy atom. The lowest BCUT2D eigenvalue weighted by atomic mass is 9.97. The number of hydrogen-bond acceptors (Lipinski definition) is 6. The zero-order valence-electron chi connectivity index (χ0n) is 15.7. The van der Waals surface area contributed by atoms with Gasteiger partial charge in [-0.3, -0.25) is 9.69 Å². The quantitative estimate of drug-likeness (QED) is 0.815. The van der Waals surface area contributed by atoms with Gasteiger partial charge in [-0.25, -0.2) is 0 Å². The van der Waals surface area contributed by atoms with Crippen LogP contribution in [0.4, 0.5) is 5.95 Å². The molecule has 1 aromatic rings. The normalized spacial score (nSPS) is 17.0. The van der Waals surface area contributed by atoms with Crippen LogP contribution in [-0.2, 0) is 10.2 Å². The molecule has 0 spiro atoms. The van der Waals surface area contributed by atoms with Crippen LogP contribution in [0.15, 0.2) is 4.52 Å². The molecule has 2 rings (SSSR count). The van der Waals surface area contributed by atoms with Gasteiger partial charge in [0.15, 0.2) is 0 Å². The Morgan fingerprint density at radius 2 is 1.88 bits per heavy atom. The number of rotatable bonds is 5. The van der Waals surface area contributed by atoms with E-state index in [1.54, 1.807) is 0 Å². The Labute approximate surface area is 145 Å². The smallest absolute Gasteiger partial charge is 0.266 e.